The van der Waals surface area contributed by atoms with Gasteiger partial charge in [0.25, 0.3) is 0 Å². The summed E-state index contributed by atoms with van der Waals surface area (Å²) in [4.78, 5) is 0. The third-order valence-electron chi connectivity index (χ3n) is 1.88. The molecule has 0 heteroatoms. The first-order valence-electron chi connectivity index (χ1n) is 4.73. The van der Waals surface area contributed by atoms with Crippen LogP contribution in [0.1, 0.15) is 47.0 Å². The van der Waals surface area contributed by atoms with Crippen molar-refractivity contribution in [2.45, 2.75) is 47.0 Å². The van der Waals surface area contributed by atoms with Gasteiger partial charge in [0.2, 0.25) is 0 Å². The summed E-state index contributed by atoms with van der Waals surface area (Å²) in [6.45, 7) is 8.57. The molecule has 0 unspecified atom stereocenters. The Bertz CT molecular complexity index is 157. The van der Waals surface area contributed by atoms with Crippen LogP contribution in [0.2, 0.25) is 0 Å². The van der Waals surface area contributed by atoms with Gasteiger partial charge in [0.15, 0.2) is 0 Å². The fourth-order valence-electron chi connectivity index (χ4n) is 0.937. The van der Waals surface area contributed by atoms with E-state index in [2.05, 4.69) is 46.3 Å². The fourth-order valence-corrected chi connectivity index (χ4v) is 0.937. The van der Waals surface area contributed by atoms with E-state index in [-0.39, 0.29) is 0 Å². The van der Waals surface area contributed by atoms with Crippen molar-refractivity contribution in [3.8, 4) is 0 Å². The molecule has 0 nitrogen and oxygen atoms in total. The van der Waals surface area contributed by atoms with Gasteiger partial charge in [-0.15, -0.1) is 0 Å². The third kappa shape index (κ3) is 7.59. The molecule has 0 spiro atoms. The van der Waals surface area contributed by atoms with Gasteiger partial charge in [-0.1, -0.05) is 23.3 Å². The summed E-state index contributed by atoms with van der Waals surface area (Å²) in [7, 11) is 0. The van der Waals surface area contributed by atoms with Gasteiger partial charge in [-0.05, 0) is 53.4 Å². The highest BCUT2D eigenvalue weighted by atomic mass is 13.9. The summed E-state index contributed by atoms with van der Waals surface area (Å²) in [5.74, 6) is 0. The SMILES string of the molecule is CC=C(C)C[CH]CCC=C(C)C. The highest BCUT2D eigenvalue weighted by Crippen LogP contribution is 2.07. The van der Waals surface area contributed by atoms with Gasteiger partial charge in [-0.25, -0.2) is 0 Å². The Morgan fingerprint density at radius 3 is 2.25 bits per heavy atom. The highest BCUT2D eigenvalue weighted by molar-refractivity contribution is 5.00. The topological polar surface area (TPSA) is 0 Å². The molecule has 0 saturated heterocycles. The van der Waals surface area contributed by atoms with Crippen molar-refractivity contribution < 1.29 is 0 Å². The molecule has 0 heterocycles. The van der Waals surface area contributed by atoms with Gasteiger partial charge in [0.1, 0.15) is 0 Å². The van der Waals surface area contributed by atoms with Crippen LogP contribution in [0.25, 0.3) is 0 Å². The van der Waals surface area contributed by atoms with Gasteiger partial charge < -0.3 is 0 Å². The fraction of sp³-hybridized carbons (Fsp3) is 0.583. The van der Waals surface area contributed by atoms with Gasteiger partial charge in [0, 0.05) is 0 Å². The van der Waals surface area contributed by atoms with Gasteiger partial charge in [-0.2, -0.15) is 0 Å². The molecule has 0 aliphatic rings. The maximum atomic E-state index is 2.36. The molecule has 0 aromatic heterocycles. The Kier molecular flexibility index (Phi) is 6.84. The van der Waals surface area contributed by atoms with Crippen molar-refractivity contribution in [1.29, 1.82) is 0 Å². The zero-order valence-electron chi connectivity index (χ0n) is 8.85. The second-order valence-corrected chi connectivity index (χ2v) is 3.49. The quantitative estimate of drug-likeness (QED) is 0.421. The number of unbranched alkanes of at least 4 members (excludes halogenated alkanes) is 2. The molecule has 0 N–H and O–H groups in total. The van der Waals surface area contributed by atoms with Crippen molar-refractivity contribution >= 4 is 0 Å². The van der Waals surface area contributed by atoms with E-state index < -0.39 is 0 Å². The van der Waals surface area contributed by atoms with E-state index in [1.165, 1.54) is 24.0 Å². The summed E-state index contributed by atoms with van der Waals surface area (Å²) >= 11 is 0. The Morgan fingerprint density at radius 2 is 1.75 bits per heavy atom. The summed E-state index contributed by atoms with van der Waals surface area (Å²) in [5, 5.41) is 0. The number of allylic oxidation sites excluding steroid dienone is 4. The van der Waals surface area contributed by atoms with Crippen LogP contribution in [0.15, 0.2) is 23.3 Å². The smallest absolute Gasteiger partial charge is 0.0292 e. The van der Waals surface area contributed by atoms with Gasteiger partial charge >= 0.3 is 0 Å². The average Bonchev–Trinajstić information content (AvgIpc) is 2.03. The molecule has 0 aliphatic carbocycles. The Hall–Kier alpha value is -0.520. The maximum absolute atomic E-state index is 2.36. The van der Waals surface area contributed by atoms with Crippen LogP contribution in [0.3, 0.4) is 0 Å². The van der Waals surface area contributed by atoms with Crippen molar-refractivity contribution in [2.75, 3.05) is 0 Å². The molecule has 0 bridgehead atoms. The van der Waals surface area contributed by atoms with Crippen LogP contribution < -0.4 is 0 Å². The zero-order chi connectivity index (χ0) is 9.40. The highest BCUT2D eigenvalue weighted by Gasteiger charge is 1.89. The van der Waals surface area contributed by atoms with E-state index >= 15 is 0 Å². The zero-order valence-corrected chi connectivity index (χ0v) is 8.85. The molecule has 0 rings (SSSR count). The molecule has 69 valence electrons. The summed E-state index contributed by atoms with van der Waals surface area (Å²) < 4.78 is 0. The molecule has 0 aliphatic heterocycles. The predicted octanol–water partition coefficient (Wildman–Crippen LogP) is 4.29. The van der Waals surface area contributed by atoms with Crippen LogP contribution in [0.5, 0.6) is 0 Å². The van der Waals surface area contributed by atoms with E-state index in [4.69, 9.17) is 0 Å². The first-order valence-corrected chi connectivity index (χ1v) is 4.73. The minimum absolute atomic E-state index is 1.15. The number of hydrogen-bond donors (Lipinski definition) is 0. The molecular formula is C12H21. The Morgan fingerprint density at radius 1 is 1.08 bits per heavy atom. The summed E-state index contributed by atoms with van der Waals surface area (Å²) in [5.41, 5.74) is 2.89. The minimum Gasteiger partial charge on any atom is -0.0887 e. The second kappa shape index (κ2) is 7.15. The van der Waals surface area contributed by atoms with Crippen LogP contribution in [-0.4, -0.2) is 0 Å². The average molecular weight is 165 g/mol. The second-order valence-electron chi connectivity index (χ2n) is 3.49. The lowest BCUT2D eigenvalue weighted by Gasteiger charge is -1.98. The van der Waals surface area contributed by atoms with E-state index in [9.17, 15) is 0 Å². The van der Waals surface area contributed by atoms with Crippen molar-refractivity contribution in [2.24, 2.45) is 0 Å². The molecule has 0 aromatic carbocycles. The lowest BCUT2D eigenvalue weighted by molar-refractivity contribution is 0.904. The van der Waals surface area contributed by atoms with E-state index in [1.54, 1.807) is 0 Å². The summed E-state index contributed by atoms with van der Waals surface area (Å²) in [6, 6.07) is 0. The van der Waals surface area contributed by atoms with E-state index in [0.29, 0.717) is 0 Å². The molecule has 0 saturated carbocycles. The van der Waals surface area contributed by atoms with E-state index in [1.807, 2.05) is 0 Å². The third-order valence-corrected chi connectivity index (χ3v) is 1.88. The molecule has 0 amide bonds. The van der Waals surface area contributed by atoms with Crippen LogP contribution in [0.4, 0.5) is 0 Å². The van der Waals surface area contributed by atoms with Gasteiger partial charge in [-0.3, -0.25) is 0 Å². The minimum atomic E-state index is 1.15. The first kappa shape index (κ1) is 11.5. The van der Waals surface area contributed by atoms with Crippen molar-refractivity contribution in [3.05, 3.63) is 29.7 Å². The number of rotatable bonds is 5. The molecule has 0 atom stereocenters. The molecule has 0 fully saturated rings. The van der Waals surface area contributed by atoms with Gasteiger partial charge in [0.05, 0.1) is 0 Å². The van der Waals surface area contributed by atoms with Crippen LogP contribution >= 0.6 is 0 Å². The lowest BCUT2D eigenvalue weighted by Crippen LogP contribution is -1.79. The van der Waals surface area contributed by atoms with Crippen LogP contribution in [-0.2, 0) is 0 Å². The lowest BCUT2D eigenvalue weighted by atomic mass is 10.1. The normalized spacial score (nSPS) is 11.5. The molecule has 1 radical (unpaired) electrons. The maximum Gasteiger partial charge on any atom is -0.0292 e. The largest absolute Gasteiger partial charge is 0.0887 e. The Balaban J connectivity index is 3.28. The monoisotopic (exact) mass is 165 g/mol. The van der Waals surface area contributed by atoms with Crippen LogP contribution in [0, 0.1) is 6.42 Å². The molecular weight excluding hydrogens is 144 g/mol. The molecule has 0 aromatic rings. The standard InChI is InChI=1S/C12H21/c1-5-12(4)10-8-6-7-9-11(2)3/h5,8-9H,6-7,10H2,1-4H3. The first-order chi connectivity index (χ1) is 5.66. The Labute approximate surface area is 77.4 Å². The van der Waals surface area contributed by atoms with Crippen molar-refractivity contribution in [3.63, 3.8) is 0 Å². The van der Waals surface area contributed by atoms with E-state index in [0.717, 1.165) is 6.42 Å². The summed E-state index contributed by atoms with van der Waals surface area (Å²) in [6.07, 6.45) is 10.4. The number of hydrogen-bond acceptors (Lipinski definition) is 0. The molecule has 12 heavy (non-hydrogen) atoms. The predicted molar refractivity (Wildman–Crippen MR) is 57.0 cm³/mol. The van der Waals surface area contributed by atoms with Crippen molar-refractivity contribution in [1.82, 2.24) is 0 Å².